The van der Waals surface area contributed by atoms with Gasteiger partial charge in [0.15, 0.2) is 19.7 Å². The van der Waals surface area contributed by atoms with Gasteiger partial charge in [0, 0.05) is 23.0 Å². The van der Waals surface area contributed by atoms with Crippen LogP contribution in [0.1, 0.15) is 0 Å². The SMILES string of the molecule is O=C(C=CS(=O)(=O)c1ccccc1)OCCOC(=O)C=CS(=O)(=O)c1ccccc1. The van der Waals surface area contributed by atoms with Crippen LogP contribution in [0, 0.1) is 0 Å². The molecule has 0 bridgehead atoms. The Morgan fingerprint density at radius 1 is 0.633 bits per heavy atom. The Morgan fingerprint density at radius 3 is 1.30 bits per heavy atom. The summed E-state index contributed by atoms with van der Waals surface area (Å²) in [5, 5.41) is 1.43. The Balaban J connectivity index is 1.76. The van der Waals surface area contributed by atoms with Crippen LogP contribution < -0.4 is 0 Å². The van der Waals surface area contributed by atoms with E-state index in [0.717, 1.165) is 12.2 Å². The largest absolute Gasteiger partial charge is 0.459 e. The van der Waals surface area contributed by atoms with Gasteiger partial charge in [-0.05, 0) is 24.3 Å². The lowest BCUT2D eigenvalue weighted by Crippen LogP contribution is -2.12. The highest BCUT2D eigenvalue weighted by Crippen LogP contribution is 2.12. The van der Waals surface area contributed by atoms with Gasteiger partial charge in [-0.15, -0.1) is 0 Å². The second kappa shape index (κ2) is 10.5. The zero-order valence-corrected chi connectivity index (χ0v) is 17.2. The number of rotatable bonds is 9. The summed E-state index contributed by atoms with van der Waals surface area (Å²) in [6, 6.07) is 15.0. The number of sulfone groups is 2. The summed E-state index contributed by atoms with van der Waals surface area (Å²) in [6.07, 6.45) is 1.49. The Morgan fingerprint density at radius 2 is 0.967 bits per heavy atom. The maximum atomic E-state index is 12.0. The van der Waals surface area contributed by atoms with Crippen molar-refractivity contribution in [1.29, 1.82) is 0 Å². The molecule has 0 N–H and O–H groups in total. The van der Waals surface area contributed by atoms with Gasteiger partial charge in [0.05, 0.1) is 9.79 Å². The van der Waals surface area contributed by atoms with E-state index in [1.165, 1.54) is 24.3 Å². The van der Waals surface area contributed by atoms with Crippen LogP contribution in [0.2, 0.25) is 0 Å². The van der Waals surface area contributed by atoms with Crippen molar-refractivity contribution in [1.82, 2.24) is 0 Å². The molecule has 10 heteroatoms. The van der Waals surface area contributed by atoms with Crippen LogP contribution in [-0.4, -0.2) is 42.0 Å². The lowest BCUT2D eigenvalue weighted by atomic mass is 10.4. The molecule has 2 rings (SSSR count). The quantitative estimate of drug-likeness (QED) is 0.323. The van der Waals surface area contributed by atoms with Gasteiger partial charge < -0.3 is 9.47 Å². The van der Waals surface area contributed by atoms with Crippen molar-refractivity contribution in [2.45, 2.75) is 9.79 Å². The molecule has 0 fully saturated rings. The van der Waals surface area contributed by atoms with E-state index in [-0.39, 0.29) is 23.0 Å². The lowest BCUT2D eigenvalue weighted by Gasteiger charge is -2.03. The van der Waals surface area contributed by atoms with E-state index in [1.807, 2.05) is 0 Å². The number of hydrogen-bond donors (Lipinski definition) is 0. The van der Waals surface area contributed by atoms with Crippen LogP contribution >= 0.6 is 0 Å². The van der Waals surface area contributed by atoms with Gasteiger partial charge >= 0.3 is 11.9 Å². The average Bonchev–Trinajstić information content (AvgIpc) is 2.75. The van der Waals surface area contributed by atoms with Crippen molar-refractivity contribution in [2.24, 2.45) is 0 Å². The Bertz CT molecular complexity index is 1040. The first kappa shape index (κ1) is 23.0. The lowest BCUT2D eigenvalue weighted by molar-refractivity contribution is -0.146. The molecule has 8 nitrogen and oxygen atoms in total. The smallest absolute Gasteiger partial charge is 0.331 e. The highest BCUT2D eigenvalue weighted by Gasteiger charge is 2.11. The second-order valence-electron chi connectivity index (χ2n) is 5.66. The van der Waals surface area contributed by atoms with Crippen molar-refractivity contribution in [3.8, 4) is 0 Å². The summed E-state index contributed by atoms with van der Waals surface area (Å²) in [7, 11) is -7.55. The van der Waals surface area contributed by atoms with Gasteiger partial charge in [-0.25, -0.2) is 26.4 Å². The number of carbonyl (C=O) groups is 2. The monoisotopic (exact) mass is 450 g/mol. The normalized spacial score (nSPS) is 12.1. The third kappa shape index (κ3) is 7.30. The van der Waals surface area contributed by atoms with E-state index < -0.39 is 31.6 Å². The molecular weight excluding hydrogens is 432 g/mol. The summed E-state index contributed by atoms with van der Waals surface area (Å²) in [6.45, 7) is -0.668. The van der Waals surface area contributed by atoms with E-state index in [4.69, 9.17) is 9.47 Å². The van der Waals surface area contributed by atoms with E-state index in [0.29, 0.717) is 10.8 Å². The van der Waals surface area contributed by atoms with Crippen LogP contribution in [-0.2, 0) is 38.7 Å². The Kier molecular flexibility index (Phi) is 8.07. The van der Waals surface area contributed by atoms with Crippen molar-refractivity contribution >= 4 is 31.6 Å². The minimum atomic E-state index is -3.78. The standard InChI is InChI=1S/C20H18O8S2/c21-19(11-15-29(23,24)17-7-3-1-4-8-17)27-13-14-28-20(22)12-16-30(25,26)18-9-5-2-6-10-18/h1-12,15-16H,13-14H2. The van der Waals surface area contributed by atoms with Crippen LogP contribution in [0.15, 0.2) is 93.4 Å². The summed E-state index contributed by atoms with van der Waals surface area (Å²) < 4.78 is 57.4. The Labute approximate surface area is 174 Å². The predicted octanol–water partition coefficient (Wildman–Crippen LogP) is 2.05. The number of hydrogen-bond acceptors (Lipinski definition) is 8. The molecule has 0 unspecified atom stereocenters. The molecule has 0 spiro atoms. The van der Waals surface area contributed by atoms with Crippen LogP contribution in [0.5, 0.6) is 0 Å². The first-order chi connectivity index (χ1) is 14.2. The van der Waals surface area contributed by atoms with Crippen LogP contribution in [0.4, 0.5) is 0 Å². The van der Waals surface area contributed by atoms with Gasteiger partial charge in [-0.2, -0.15) is 0 Å². The van der Waals surface area contributed by atoms with E-state index >= 15 is 0 Å². The maximum absolute atomic E-state index is 12.0. The molecule has 0 amide bonds. The molecular formula is C20H18O8S2. The summed E-state index contributed by atoms with van der Waals surface area (Å²) >= 11 is 0. The fraction of sp³-hybridized carbons (Fsp3) is 0.100. The van der Waals surface area contributed by atoms with Gasteiger partial charge in [0.25, 0.3) is 0 Å². The van der Waals surface area contributed by atoms with Crippen LogP contribution in [0.25, 0.3) is 0 Å². The summed E-state index contributed by atoms with van der Waals surface area (Å²) in [4.78, 5) is 23.2. The third-order valence-corrected chi connectivity index (χ3v) is 6.33. The minimum absolute atomic E-state index is 0.0280. The van der Waals surface area contributed by atoms with Gasteiger partial charge in [-0.1, -0.05) is 36.4 Å². The first-order valence-corrected chi connectivity index (χ1v) is 11.6. The van der Waals surface area contributed by atoms with Gasteiger partial charge in [0.2, 0.25) is 0 Å². The van der Waals surface area contributed by atoms with E-state index in [1.54, 1.807) is 36.4 Å². The molecule has 0 heterocycles. The van der Waals surface area contributed by atoms with Gasteiger partial charge in [-0.3, -0.25) is 0 Å². The summed E-state index contributed by atoms with van der Waals surface area (Å²) in [5.41, 5.74) is 0. The average molecular weight is 450 g/mol. The number of benzene rings is 2. The highest BCUT2D eigenvalue weighted by molar-refractivity contribution is 7.94. The number of carbonyl (C=O) groups excluding carboxylic acids is 2. The molecule has 0 radical (unpaired) electrons. The molecule has 0 aliphatic carbocycles. The molecule has 158 valence electrons. The molecule has 0 aliphatic rings. The molecule has 0 aliphatic heterocycles. The van der Waals surface area contributed by atoms with Crippen molar-refractivity contribution < 1.29 is 35.9 Å². The number of ether oxygens (including phenoxy) is 2. The first-order valence-electron chi connectivity index (χ1n) is 8.51. The molecule has 30 heavy (non-hydrogen) atoms. The zero-order valence-electron chi connectivity index (χ0n) is 15.6. The topological polar surface area (TPSA) is 121 Å². The second-order valence-corrected chi connectivity index (χ2v) is 9.32. The molecule has 0 saturated heterocycles. The number of esters is 2. The molecule has 0 aromatic heterocycles. The van der Waals surface area contributed by atoms with E-state index in [2.05, 4.69) is 0 Å². The fourth-order valence-electron chi connectivity index (χ4n) is 2.05. The summed E-state index contributed by atoms with van der Waals surface area (Å²) in [5.74, 6) is -1.87. The molecule has 2 aromatic rings. The molecule has 0 atom stereocenters. The van der Waals surface area contributed by atoms with Crippen molar-refractivity contribution in [3.63, 3.8) is 0 Å². The predicted molar refractivity (Wildman–Crippen MR) is 107 cm³/mol. The third-order valence-electron chi connectivity index (χ3n) is 3.48. The zero-order chi connectivity index (χ0) is 22.0. The van der Waals surface area contributed by atoms with Crippen LogP contribution in [0.3, 0.4) is 0 Å². The van der Waals surface area contributed by atoms with Crippen molar-refractivity contribution in [2.75, 3.05) is 13.2 Å². The molecule has 0 saturated carbocycles. The van der Waals surface area contributed by atoms with Crippen molar-refractivity contribution in [3.05, 3.63) is 83.6 Å². The highest BCUT2D eigenvalue weighted by atomic mass is 32.2. The minimum Gasteiger partial charge on any atom is -0.459 e. The van der Waals surface area contributed by atoms with E-state index in [9.17, 15) is 26.4 Å². The maximum Gasteiger partial charge on any atom is 0.331 e. The molecule has 2 aromatic carbocycles. The Hall–Kier alpha value is -3.24. The van der Waals surface area contributed by atoms with Gasteiger partial charge in [0.1, 0.15) is 13.2 Å². The fourth-order valence-corrected chi connectivity index (χ4v) is 4.02.